The van der Waals surface area contributed by atoms with Crippen LogP contribution < -0.4 is 16.4 Å². The monoisotopic (exact) mass is 298 g/mol. The van der Waals surface area contributed by atoms with Gasteiger partial charge in [0.15, 0.2) is 0 Å². The molecule has 1 heterocycles. The van der Waals surface area contributed by atoms with Crippen LogP contribution in [-0.2, 0) is 0 Å². The second-order valence-corrected chi connectivity index (χ2v) is 5.67. The number of guanidine groups is 2. The molecule has 7 heteroatoms. The zero-order chi connectivity index (χ0) is 15.7. The first-order valence-corrected chi connectivity index (χ1v) is 7.28. The highest BCUT2D eigenvalue weighted by Crippen LogP contribution is 2.40. The minimum Gasteiger partial charge on any atom is -0.508 e. The normalized spacial score (nSPS) is 20.2. The van der Waals surface area contributed by atoms with Crippen molar-refractivity contribution >= 4 is 17.6 Å². The Kier molecular flexibility index (Phi) is 3.37. The molecule has 1 aliphatic carbocycles. The number of phenolic OH excluding ortho intramolecular Hbond substituents is 1. The first kappa shape index (κ1) is 14.2. The molecule has 22 heavy (non-hydrogen) atoms. The molecule has 0 saturated heterocycles. The Labute approximate surface area is 128 Å². The highest BCUT2D eigenvalue weighted by atomic mass is 16.3. The topological polar surface area (TPSA) is 124 Å². The molecule has 0 bridgehead atoms. The number of nitrogens with zero attached hydrogens (tertiary/aromatic N) is 4. The summed E-state index contributed by atoms with van der Waals surface area (Å²) in [6.45, 7) is 0. The van der Waals surface area contributed by atoms with E-state index >= 15 is 0 Å². The van der Waals surface area contributed by atoms with Gasteiger partial charge in [0.2, 0.25) is 11.9 Å². The quantitative estimate of drug-likeness (QED) is 0.722. The van der Waals surface area contributed by atoms with Gasteiger partial charge in [0.1, 0.15) is 11.4 Å². The lowest BCUT2D eigenvalue weighted by atomic mass is 9.87. The molecule has 114 valence electrons. The molecule has 1 aromatic carbocycles. The summed E-state index contributed by atoms with van der Waals surface area (Å²) >= 11 is 0. The van der Waals surface area contributed by atoms with Gasteiger partial charge in [-0.25, -0.2) is 4.99 Å². The van der Waals surface area contributed by atoms with E-state index in [-0.39, 0.29) is 17.7 Å². The Bertz CT molecular complexity index is 696. The summed E-state index contributed by atoms with van der Waals surface area (Å²) in [6, 6.07) is 6.69. The van der Waals surface area contributed by atoms with Crippen molar-refractivity contribution in [2.75, 3.05) is 4.90 Å². The maximum Gasteiger partial charge on any atom is 0.220 e. The number of nitriles is 1. The summed E-state index contributed by atoms with van der Waals surface area (Å²) in [5, 5.41) is 19.0. The molecular weight excluding hydrogens is 280 g/mol. The van der Waals surface area contributed by atoms with Crippen LogP contribution in [0.15, 0.2) is 28.2 Å². The highest BCUT2D eigenvalue weighted by Gasteiger charge is 2.42. The van der Waals surface area contributed by atoms with Crippen LogP contribution in [-0.4, -0.2) is 22.7 Å². The van der Waals surface area contributed by atoms with Gasteiger partial charge in [-0.1, -0.05) is 6.42 Å². The van der Waals surface area contributed by atoms with E-state index in [1.807, 2.05) is 6.07 Å². The first-order chi connectivity index (χ1) is 10.5. The van der Waals surface area contributed by atoms with Crippen LogP contribution in [0.1, 0.15) is 37.7 Å². The van der Waals surface area contributed by atoms with Gasteiger partial charge in [-0.3, -0.25) is 4.90 Å². The largest absolute Gasteiger partial charge is 0.508 e. The summed E-state index contributed by atoms with van der Waals surface area (Å²) in [6.07, 6.45) is 4.80. The molecular formula is C15H18N6O. The molecule has 0 amide bonds. The van der Waals surface area contributed by atoms with Gasteiger partial charge in [0.05, 0.1) is 17.3 Å². The van der Waals surface area contributed by atoms with Crippen molar-refractivity contribution < 1.29 is 5.11 Å². The van der Waals surface area contributed by atoms with Gasteiger partial charge in [-0.05, 0) is 37.8 Å². The number of benzene rings is 1. The summed E-state index contributed by atoms with van der Waals surface area (Å²) < 4.78 is 0. The van der Waals surface area contributed by atoms with Crippen LogP contribution in [0.25, 0.3) is 0 Å². The Hall–Kier alpha value is -2.75. The highest BCUT2D eigenvalue weighted by molar-refractivity contribution is 6.05. The van der Waals surface area contributed by atoms with Gasteiger partial charge in [-0.15, -0.1) is 0 Å². The molecule has 2 aliphatic rings. The lowest BCUT2D eigenvalue weighted by Crippen LogP contribution is -2.58. The predicted octanol–water partition coefficient (Wildman–Crippen LogP) is 1.37. The molecule has 1 spiro atoms. The van der Waals surface area contributed by atoms with Crippen LogP contribution in [0.4, 0.5) is 5.69 Å². The van der Waals surface area contributed by atoms with Gasteiger partial charge >= 0.3 is 0 Å². The standard InChI is InChI=1S/C15H18N6O/c16-9-10-6-11(8-12(22)7-10)21-14(18)19-13(17)20-15(21)4-2-1-3-5-15/h6-8,22H,1-5H2,(H4,17,18,19,20). The van der Waals surface area contributed by atoms with Crippen LogP contribution in [0.2, 0.25) is 0 Å². The molecule has 0 unspecified atom stereocenters. The van der Waals surface area contributed by atoms with Crippen molar-refractivity contribution in [1.29, 1.82) is 5.26 Å². The number of hydrogen-bond donors (Lipinski definition) is 3. The van der Waals surface area contributed by atoms with Crippen molar-refractivity contribution in [3.05, 3.63) is 23.8 Å². The van der Waals surface area contributed by atoms with Crippen molar-refractivity contribution in [2.24, 2.45) is 21.5 Å². The fourth-order valence-electron chi connectivity index (χ4n) is 3.28. The number of nitrogens with two attached hydrogens (primary N) is 2. The zero-order valence-electron chi connectivity index (χ0n) is 12.2. The van der Waals surface area contributed by atoms with Gasteiger partial charge in [0, 0.05) is 6.07 Å². The molecule has 1 fully saturated rings. The van der Waals surface area contributed by atoms with E-state index in [0.29, 0.717) is 11.3 Å². The fourth-order valence-corrected chi connectivity index (χ4v) is 3.28. The van der Waals surface area contributed by atoms with Crippen molar-refractivity contribution in [3.63, 3.8) is 0 Å². The van der Waals surface area contributed by atoms with Crippen LogP contribution in [0.5, 0.6) is 5.75 Å². The molecule has 1 aromatic rings. The van der Waals surface area contributed by atoms with E-state index in [2.05, 4.69) is 9.98 Å². The Morgan fingerprint density at radius 2 is 1.91 bits per heavy atom. The van der Waals surface area contributed by atoms with E-state index in [4.69, 9.17) is 16.7 Å². The number of aromatic hydroxyl groups is 1. The van der Waals surface area contributed by atoms with E-state index in [0.717, 1.165) is 32.1 Å². The van der Waals surface area contributed by atoms with Crippen molar-refractivity contribution in [3.8, 4) is 11.8 Å². The van der Waals surface area contributed by atoms with Crippen LogP contribution in [0, 0.1) is 11.3 Å². The molecule has 0 aromatic heterocycles. The molecule has 7 nitrogen and oxygen atoms in total. The molecule has 5 N–H and O–H groups in total. The van der Waals surface area contributed by atoms with E-state index in [1.54, 1.807) is 17.0 Å². The first-order valence-electron chi connectivity index (χ1n) is 7.28. The third-order valence-electron chi connectivity index (χ3n) is 4.14. The number of aliphatic imine (C=N–C) groups is 2. The van der Waals surface area contributed by atoms with Gasteiger partial charge in [0.25, 0.3) is 0 Å². The van der Waals surface area contributed by atoms with Crippen LogP contribution in [0.3, 0.4) is 0 Å². The summed E-state index contributed by atoms with van der Waals surface area (Å²) in [5.41, 5.74) is 12.3. The van der Waals surface area contributed by atoms with E-state index in [1.165, 1.54) is 6.07 Å². The molecule has 0 radical (unpaired) electrons. The number of rotatable bonds is 1. The molecule has 1 aliphatic heterocycles. The Morgan fingerprint density at radius 1 is 1.18 bits per heavy atom. The van der Waals surface area contributed by atoms with Gasteiger partial charge < -0.3 is 16.6 Å². The van der Waals surface area contributed by atoms with E-state index in [9.17, 15) is 5.11 Å². The minimum absolute atomic E-state index is 0.00957. The Morgan fingerprint density at radius 3 is 2.59 bits per heavy atom. The van der Waals surface area contributed by atoms with Crippen molar-refractivity contribution in [1.82, 2.24) is 0 Å². The molecule has 0 atom stereocenters. The molecule has 1 saturated carbocycles. The predicted molar refractivity (Wildman–Crippen MR) is 84.4 cm³/mol. The molecule has 3 rings (SSSR count). The average Bonchev–Trinajstić information content (AvgIpc) is 2.46. The third kappa shape index (κ3) is 2.33. The minimum atomic E-state index is -0.575. The number of phenols is 1. The summed E-state index contributed by atoms with van der Waals surface area (Å²) in [4.78, 5) is 10.4. The second-order valence-electron chi connectivity index (χ2n) is 5.67. The number of hydrogen-bond acceptors (Lipinski definition) is 7. The summed E-state index contributed by atoms with van der Waals surface area (Å²) in [5.74, 6) is 0.426. The average molecular weight is 298 g/mol. The van der Waals surface area contributed by atoms with Crippen molar-refractivity contribution in [2.45, 2.75) is 37.8 Å². The van der Waals surface area contributed by atoms with Crippen LogP contribution >= 0.6 is 0 Å². The zero-order valence-corrected chi connectivity index (χ0v) is 12.2. The SMILES string of the molecule is N#Cc1cc(O)cc(N2C(N)=NC(N)=NC23CCCCC3)c1. The number of anilines is 1. The maximum absolute atomic E-state index is 9.86. The van der Waals surface area contributed by atoms with E-state index < -0.39 is 5.66 Å². The summed E-state index contributed by atoms with van der Waals surface area (Å²) in [7, 11) is 0. The smallest absolute Gasteiger partial charge is 0.220 e. The lowest BCUT2D eigenvalue weighted by molar-refractivity contribution is 0.305. The third-order valence-corrected chi connectivity index (χ3v) is 4.14. The van der Waals surface area contributed by atoms with Gasteiger partial charge in [-0.2, -0.15) is 10.3 Å². The Balaban J connectivity index is 2.12. The lowest BCUT2D eigenvalue weighted by Gasteiger charge is -2.45. The second kappa shape index (κ2) is 5.22. The maximum atomic E-state index is 9.86. The fraction of sp³-hybridized carbons (Fsp3) is 0.400.